The molecule has 1 aromatic carbocycles. The smallest absolute Gasteiger partial charge is 0.239 e. The molecule has 24 heavy (non-hydrogen) atoms. The Labute approximate surface area is 145 Å². The van der Waals surface area contributed by atoms with E-state index in [4.69, 9.17) is 0 Å². The summed E-state index contributed by atoms with van der Waals surface area (Å²) in [5.41, 5.74) is 7.71. The van der Waals surface area contributed by atoms with Crippen LogP contribution in [0.25, 0.3) is 0 Å². The van der Waals surface area contributed by atoms with Crippen molar-refractivity contribution in [2.75, 3.05) is 26.7 Å². The maximum Gasteiger partial charge on any atom is 0.239 e. The fourth-order valence-corrected chi connectivity index (χ4v) is 3.84. The lowest BCUT2D eigenvalue weighted by atomic mass is 9.98. The summed E-state index contributed by atoms with van der Waals surface area (Å²) in [4.78, 5) is 17.4. The first-order valence-electron chi connectivity index (χ1n) is 9.16. The van der Waals surface area contributed by atoms with Crippen molar-refractivity contribution in [3.63, 3.8) is 0 Å². The van der Waals surface area contributed by atoms with Crippen molar-refractivity contribution >= 4 is 5.91 Å². The van der Waals surface area contributed by atoms with E-state index in [-0.39, 0.29) is 11.9 Å². The molecule has 2 fully saturated rings. The van der Waals surface area contributed by atoms with E-state index < -0.39 is 0 Å². The third kappa shape index (κ3) is 4.15. The first-order chi connectivity index (χ1) is 11.6. The number of carbonyl (C=O) groups excluding carboxylic acids is 1. The Morgan fingerprint density at radius 3 is 2.79 bits per heavy atom. The standard InChI is InChI=1S/C19H30N4O/c1-15-17(12-20-21-15)14-22(2)19(24)18-10-6-7-11-23(18)13-16-8-4-3-5-9-16/h3-5,8-9,15,17-18,20-21H,6-7,10-14H2,1-2H3. The third-order valence-corrected chi connectivity index (χ3v) is 5.41. The lowest BCUT2D eigenvalue weighted by Gasteiger charge is -2.37. The molecule has 2 aliphatic rings. The van der Waals surface area contributed by atoms with E-state index >= 15 is 0 Å². The largest absolute Gasteiger partial charge is 0.344 e. The van der Waals surface area contributed by atoms with Crippen molar-refractivity contribution < 1.29 is 4.79 Å². The number of amides is 1. The first kappa shape index (κ1) is 17.4. The van der Waals surface area contributed by atoms with Crippen molar-refractivity contribution in [2.45, 2.75) is 44.8 Å². The minimum atomic E-state index is 0.0292. The highest BCUT2D eigenvalue weighted by Gasteiger charge is 2.33. The van der Waals surface area contributed by atoms with Gasteiger partial charge >= 0.3 is 0 Å². The van der Waals surface area contributed by atoms with Gasteiger partial charge in [0.2, 0.25) is 5.91 Å². The maximum atomic E-state index is 13.0. The minimum Gasteiger partial charge on any atom is -0.344 e. The molecular weight excluding hydrogens is 300 g/mol. The van der Waals surface area contributed by atoms with Crippen LogP contribution >= 0.6 is 0 Å². The molecular formula is C19H30N4O. The van der Waals surface area contributed by atoms with E-state index in [1.165, 1.54) is 12.0 Å². The van der Waals surface area contributed by atoms with Gasteiger partial charge in [0.15, 0.2) is 0 Å². The second-order valence-corrected chi connectivity index (χ2v) is 7.26. The van der Waals surface area contributed by atoms with Crippen LogP contribution < -0.4 is 10.9 Å². The van der Waals surface area contributed by atoms with Gasteiger partial charge in [-0.3, -0.25) is 20.5 Å². The molecule has 0 aliphatic carbocycles. The van der Waals surface area contributed by atoms with Crippen molar-refractivity contribution in [3.05, 3.63) is 35.9 Å². The summed E-state index contributed by atoms with van der Waals surface area (Å²) in [6.07, 6.45) is 3.32. The average molecular weight is 330 g/mol. The second kappa shape index (κ2) is 8.10. The number of rotatable bonds is 5. The first-order valence-corrected chi connectivity index (χ1v) is 9.16. The summed E-state index contributed by atoms with van der Waals surface area (Å²) in [5, 5.41) is 0. The molecule has 1 amide bonds. The van der Waals surface area contributed by atoms with Gasteiger partial charge < -0.3 is 4.90 Å². The van der Waals surface area contributed by atoms with E-state index in [0.29, 0.717) is 12.0 Å². The zero-order valence-electron chi connectivity index (χ0n) is 14.9. The van der Waals surface area contributed by atoms with Crippen LogP contribution in [0.4, 0.5) is 0 Å². The summed E-state index contributed by atoms with van der Waals surface area (Å²) < 4.78 is 0. The average Bonchev–Trinajstić information content (AvgIpc) is 3.00. The molecule has 2 aliphatic heterocycles. The fourth-order valence-electron chi connectivity index (χ4n) is 3.84. The lowest BCUT2D eigenvalue weighted by molar-refractivity contribution is -0.137. The molecule has 2 heterocycles. The summed E-state index contributed by atoms with van der Waals surface area (Å²) in [7, 11) is 1.96. The zero-order chi connectivity index (χ0) is 16.9. The van der Waals surface area contributed by atoms with E-state index in [2.05, 4.69) is 46.9 Å². The normalized spacial score (nSPS) is 28.0. The van der Waals surface area contributed by atoms with Crippen molar-refractivity contribution in [3.8, 4) is 0 Å². The molecule has 0 aromatic heterocycles. The summed E-state index contributed by atoms with van der Waals surface area (Å²) in [5.74, 6) is 0.759. The number of hydrazine groups is 1. The number of carbonyl (C=O) groups is 1. The molecule has 132 valence electrons. The molecule has 0 saturated carbocycles. The van der Waals surface area contributed by atoms with E-state index in [9.17, 15) is 4.79 Å². The predicted molar refractivity (Wildman–Crippen MR) is 96.2 cm³/mol. The predicted octanol–water partition coefficient (Wildman–Crippen LogP) is 1.61. The number of likely N-dealkylation sites (tertiary alicyclic amines) is 1. The highest BCUT2D eigenvalue weighted by atomic mass is 16.2. The topological polar surface area (TPSA) is 47.6 Å². The molecule has 5 heteroatoms. The van der Waals surface area contributed by atoms with Gasteiger partial charge in [0.25, 0.3) is 0 Å². The number of hydrogen-bond donors (Lipinski definition) is 2. The number of likely N-dealkylation sites (N-methyl/N-ethyl adjacent to an activating group) is 1. The van der Waals surface area contributed by atoms with Gasteiger partial charge in [0.1, 0.15) is 0 Å². The SMILES string of the molecule is CC1NNCC1CN(C)C(=O)C1CCCCN1Cc1ccccc1. The molecule has 2 saturated heterocycles. The van der Waals surface area contributed by atoms with E-state index in [0.717, 1.165) is 39.0 Å². The molecule has 0 radical (unpaired) electrons. The molecule has 3 rings (SSSR count). The van der Waals surface area contributed by atoms with Gasteiger partial charge in [-0.05, 0) is 31.9 Å². The van der Waals surface area contributed by atoms with Gasteiger partial charge in [-0.2, -0.15) is 0 Å². The maximum absolute atomic E-state index is 13.0. The van der Waals surface area contributed by atoms with Gasteiger partial charge in [-0.1, -0.05) is 36.8 Å². The molecule has 0 spiro atoms. The van der Waals surface area contributed by atoms with Crippen LogP contribution in [0.5, 0.6) is 0 Å². The Bertz CT molecular complexity index is 535. The Balaban J connectivity index is 1.62. The van der Waals surface area contributed by atoms with E-state index in [1.807, 2.05) is 18.0 Å². The number of nitrogens with one attached hydrogen (secondary N) is 2. The van der Waals surface area contributed by atoms with Crippen molar-refractivity contribution in [1.82, 2.24) is 20.7 Å². The highest BCUT2D eigenvalue weighted by Crippen LogP contribution is 2.22. The summed E-state index contributed by atoms with van der Waals surface area (Å²) in [6, 6.07) is 10.9. The van der Waals surface area contributed by atoms with Gasteiger partial charge in [0, 0.05) is 38.6 Å². The van der Waals surface area contributed by atoms with Crippen LogP contribution in [-0.4, -0.2) is 54.5 Å². The second-order valence-electron chi connectivity index (χ2n) is 7.26. The van der Waals surface area contributed by atoms with Gasteiger partial charge in [-0.15, -0.1) is 0 Å². The number of nitrogens with zero attached hydrogens (tertiary/aromatic N) is 2. The van der Waals surface area contributed by atoms with Crippen LogP contribution in [0.15, 0.2) is 30.3 Å². The van der Waals surface area contributed by atoms with Crippen LogP contribution in [0, 0.1) is 5.92 Å². The monoisotopic (exact) mass is 330 g/mol. The zero-order valence-corrected chi connectivity index (χ0v) is 14.9. The summed E-state index contributed by atoms with van der Waals surface area (Å²) >= 11 is 0. The molecule has 0 bridgehead atoms. The third-order valence-electron chi connectivity index (χ3n) is 5.41. The van der Waals surface area contributed by atoms with Crippen LogP contribution in [0.2, 0.25) is 0 Å². The number of benzene rings is 1. The minimum absolute atomic E-state index is 0.0292. The van der Waals surface area contributed by atoms with Crippen LogP contribution in [-0.2, 0) is 11.3 Å². The van der Waals surface area contributed by atoms with Crippen molar-refractivity contribution in [2.24, 2.45) is 5.92 Å². The lowest BCUT2D eigenvalue weighted by Crippen LogP contribution is -2.51. The summed E-state index contributed by atoms with van der Waals surface area (Å²) in [6.45, 7) is 5.80. The molecule has 5 nitrogen and oxygen atoms in total. The molecule has 2 N–H and O–H groups in total. The molecule has 3 atom stereocenters. The quantitative estimate of drug-likeness (QED) is 0.861. The number of hydrogen-bond acceptors (Lipinski definition) is 4. The van der Waals surface area contributed by atoms with Crippen LogP contribution in [0.3, 0.4) is 0 Å². The van der Waals surface area contributed by atoms with E-state index in [1.54, 1.807) is 0 Å². The van der Waals surface area contributed by atoms with Crippen LogP contribution in [0.1, 0.15) is 31.7 Å². The number of piperidine rings is 1. The van der Waals surface area contributed by atoms with Gasteiger partial charge in [-0.25, -0.2) is 0 Å². The van der Waals surface area contributed by atoms with Crippen molar-refractivity contribution in [1.29, 1.82) is 0 Å². The fraction of sp³-hybridized carbons (Fsp3) is 0.632. The Hall–Kier alpha value is -1.43. The Kier molecular flexibility index (Phi) is 5.87. The molecule has 3 unspecified atom stereocenters. The highest BCUT2D eigenvalue weighted by molar-refractivity contribution is 5.81. The Morgan fingerprint density at radius 2 is 2.08 bits per heavy atom. The Morgan fingerprint density at radius 1 is 1.29 bits per heavy atom. The molecule has 1 aromatic rings. The van der Waals surface area contributed by atoms with Gasteiger partial charge in [0.05, 0.1) is 6.04 Å².